The van der Waals surface area contributed by atoms with Crippen molar-refractivity contribution in [2.24, 2.45) is 0 Å². The van der Waals surface area contributed by atoms with E-state index in [4.69, 9.17) is 4.74 Å². The number of rotatable bonds is 8. The van der Waals surface area contributed by atoms with Gasteiger partial charge in [0.15, 0.2) is 0 Å². The van der Waals surface area contributed by atoms with Gasteiger partial charge in [0.2, 0.25) is 0 Å². The zero-order valence-electron chi connectivity index (χ0n) is 15.5. The molecule has 0 aliphatic heterocycles. The fourth-order valence-corrected chi connectivity index (χ4v) is 3.67. The molecule has 0 unspecified atom stereocenters. The van der Waals surface area contributed by atoms with Gasteiger partial charge in [0.25, 0.3) is 0 Å². The molecule has 0 amide bonds. The predicted molar refractivity (Wildman–Crippen MR) is 104 cm³/mol. The number of hydrogen-bond acceptors (Lipinski definition) is 3. The Labute approximate surface area is 158 Å². The molecular weight excluding hydrogens is 340 g/mol. The number of nitrogens with zero attached hydrogens (tertiary/aromatic N) is 2. The van der Waals surface area contributed by atoms with Crippen LogP contribution in [0, 0.1) is 0 Å². The zero-order chi connectivity index (χ0) is 18.8. The van der Waals surface area contributed by atoms with Crippen LogP contribution in [0.5, 0.6) is 0 Å². The van der Waals surface area contributed by atoms with Gasteiger partial charge in [0.05, 0.1) is 11.3 Å². The Morgan fingerprint density at radius 2 is 2.19 bits per heavy atom. The number of benzene rings is 1. The molecule has 0 atom stereocenters. The Morgan fingerprint density at radius 1 is 1.33 bits per heavy atom. The summed E-state index contributed by atoms with van der Waals surface area (Å²) in [6.07, 6.45) is 7.69. The molecule has 4 rings (SSSR count). The van der Waals surface area contributed by atoms with Gasteiger partial charge in [-0.05, 0) is 54.5 Å². The van der Waals surface area contributed by atoms with Crippen molar-refractivity contribution in [1.29, 1.82) is 0 Å². The lowest BCUT2D eigenvalue weighted by Crippen LogP contribution is -2.07. The number of carbonyl (C=O) groups is 1. The molecule has 1 saturated carbocycles. The molecule has 2 aromatic heterocycles. The third-order valence-electron chi connectivity index (χ3n) is 5.28. The molecule has 5 heteroatoms. The summed E-state index contributed by atoms with van der Waals surface area (Å²) >= 11 is 0. The summed E-state index contributed by atoms with van der Waals surface area (Å²) in [5, 5.41) is 10.8. The molecule has 1 fully saturated rings. The number of ether oxygens (including phenoxy) is 1. The van der Waals surface area contributed by atoms with Crippen LogP contribution in [0.3, 0.4) is 0 Å². The van der Waals surface area contributed by atoms with E-state index in [9.17, 15) is 9.90 Å². The summed E-state index contributed by atoms with van der Waals surface area (Å²) in [4.78, 5) is 16.3. The smallest absolute Gasteiger partial charge is 0.337 e. The summed E-state index contributed by atoms with van der Waals surface area (Å²) < 4.78 is 7.37. The van der Waals surface area contributed by atoms with E-state index in [1.807, 2.05) is 18.3 Å². The van der Waals surface area contributed by atoms with Crippen LogP contribution in [0.4, 0.5) is 0 Å². The third kappa shape index (κ3) is 3.74. The van der Waals surface area contributed by atoms with Crippen LogP contribution in [0.25, 0.3) is 10.9 Å². The van der Waals surface area contributed by atoms with Gasteiger partial charge in [0.1, 0.15) is 0 Å². The van der Waals surface area contributed by atoms with Crippen LogP contribution in [0.1, 0.15) is 52.4 Å². The number of pyridine rings is 1. The molecule has 0 spiro atoms. The van der Waals surface area contributed by atoms with E-state index < -0.39 is 5.97 Å². The van der Waals surface area contributed by atoms with E-state index in [0.717, 1.165) is 54.4 Å². The van der Waals surface area contributed by atoms with Crippen LogP contribution >= 0.6 is 0 Å². The van der Waals surface area contributed by atoms with Gasteiger partial charge in [-0.3, -0.25) is 4.98 Å². The van der Waals surface area contributed by atoms with E-state index in [2.05, 4.69) is 33.9 Å². The number of aromatic carboxylic acids is 1. The van der Waals surface area contributed by atoms with E-state index in [1.165, 1.54) is 0 Å². The maximum atomic E-state index is 11.8. The quantitative estimate of drug-likeness (QED) is 0.607. The summed E-state index contributed by atoms with van der Waals surface area (Å²) in [5.41, 5.74) is 4.28. The second-order valence-corrected chi connectivity index (χ2v) is 7.22. The van der Waals surface area contributed by atoms with Crippen LogP contribution in [0.2, 0.25) is 0 Å². The number of carboxylic acid groups (broad SMARTS) is 1. The first-order valence-corrected chi connectivity index (χ1v) is 9.45. The highest BCUT2D eigenvalue weighted by molar-refractivity contribution is 5.90. The normalized spacial score (nSPS) is 14.0. The predicted octanol–water partition coefficient (Wildman–Crippen LogP) is 4.24. The summed E-state index contributed by atoms with van der Waals surface area (Å²) in [5.74, 6) is -0.404. The number of aromatic nitrogens is 2. The van der Waals surface area contributed by atoms with Crippen molar-refractivity contribution in [2.45, 2.75) is 38.1 Å². The molecule has 1 aliphatic carbocycles. The van der Waals surface area contributed by atoms with Crippen molar-refractivity contribution in [3.63, 3.8) is 0 Å². The van der Waals surface area contributed by atoms with Gasteiger partial charge in [-0.2, -0.15) is 0 Å². The van der Waals surface area contributed by atoms with Crippen molar-refractivity contribution < 1.29 is 14.6 Å². The monoisotopic (exact) mass is 364 g/mol. The van der Waals surface area contributed by atoms with Gasteiger partial charge in [0, 0.05) is 50.0 Å². The fourth-order valence-electron chi connectivity index (χ4n) is 3.67. The number of carboxylic acids is 1. The number of hydrogen-bond donors (Lipinski definition) is 1. The van der Waals surface area contributed by atoms with Crippen LogP contribution in [-0.2, 0) is 17.7 Å². The lowest BCUT2D eigenvalue weighted by Gasteiger charge is -2.10. The van der Waals surface area contributed by atoms with E-state index in [-0.39, 0.29) is 0 Å². The molecule has 140 valence electrons. The Bertz CT molecular complexity index is 973. The SMILES string of the molecule is COCCCn1ccc2c(Cc3ncc(C4CC4)cc3C(=O)O)cccc21. The molecule has 3 aromatic rings. The Morgan fingerprint density at radius 3 is 2.93 bits per heavy atom. The standard InChI is InChI=1S/C22H24N2O3/c1-27-11-3-9-24-10-8-18-16(4-2-5-21(18)24)13-20-19(22(25)26)12-17(14-23-20)15-6-7-15/h2,4-5,8,10,12,14-15H,3,6-7,9,11,13H2,1H3,(H,25,26). The topological polar surface area (TPSA) is 64.4 Å². The average molecular weight is 364 g/mol. The van der Waals surface area contributed by atoms with Crippen molar-refractivity contribution in [2.75, 3.05) is 13.7 Å². The first-order chi connectivity index (χ1) is 13.2. The molecule has 27 heavy (non-hydrogen) atoms. The largest absolute Gasteiger partial charge is 0.478 e. The molecule has 5 nitrogen and oxygen atoms in total. The number of fused-ring (bicyclic) bond motifs is 1. The summed E-state index contributed by atoms with van der Waals surface area (Å²) in [6, 6.07) is 10.1. The van der Waals surface area contributed by atoms with Gasteiger partial charge in [-0.1, -0.05) is 12.1 Å². The minimum absolute atomic E-state index is 0.330. The molecule has 0 radical (unpaired) electrons. The molecule has 1 aliphatic rings. The van der Waals surface area contributed by atoms with Crippen molar-refractivity contribution in [1.82, 2.24) is 9.55 Å². The lowest BCUT2D eigenvalue weighted by atomic mass is 10.00. The molecule has 2 heterocycles. The molecule has 1 N–H and O–H groups in total. The summed E-state index contributed by atoms with van der Waals surface area (Å²) in [6.45, 7) is 1.63. The molecular formula is C22H24N2O3. The minimum atomic E-state index is -0.899. The van der Waals surface area contributed by atoms with E-state index >= 15 is 0 Å². The minimum Gasteiger partial charge on any atom is -0.478 e. The highest BCUT2D eigenvalue weighted by Gasteiger charge is 2.26. The van der Waals surface area contributed by atoms with Crippen LogP contribution in [0.15, 0.2) is 42.7 Å². The van der Waals surface area contributed by atoms with E-state index in [0.29, 0.717) is 23.6 Å². The Kier molecular flexibility index (Phi) is 4.94. The van der Waals surface area contributed by atoms with Crippen LogP contribution < -0.4 is 0 Å². The zero-order valence-corrected chi connectivity index (χ0v) is 15.5. The molecule has 1 aromatic carbocycles. The third-order valence-corrected chi connectivity index (χ3v) is 5.28. The Balaban J connectivity index is 1.64. The first-order valence-electron chi connectivity index (χ1n) is 9.45. The van der Waals surface area contributed by atoms with Gasteiger partial charge in [-0.25, -0.2) is 4.79 Å². The van der Waals surface area contributed by atoms with E-state index in [1.54, 1.807) is 7.11 Å². The maximum absolute atomic E-state index is 11.8. The first kappa shape index (κ1) is 17.7. The van der Waals surface area contributed by atoms with Gasteiger partial charge in [-0.15, -0.1) is 0 Å². The summed E-state index contributed by atoms with van der Waals surface area (Å²) in [7, 11) is 1.72. The average Bonchev–Trinajstić information content (AvgIpc) is 3.43. The highest BCUT2D eigenvalue weighted by atomic mass is 16.5. The van der Waals surface area contributed by atoms with Gasteiger partial charge >= 0.3 is 5.97 Å². The van der Waals surface area contributed by atoms with Crippen molar-refractivity contribution in [3.8, 4) is 0 Å². The molecule has 0 bridgehead atoms. The number of aryl methyl sites for hydroxylation is 1. The maximum Gasteiger partial charge on any atom is 0.337 e. The Hall–Kier alpha value is -2.66. The highest BCUT2D eigenvalue weighted by Crippen LogP contribution is 2.40. The number of methoxy groups -OCH3 is 1. The molecule has 0 saturated heterocycles. The van der Waals surface area contributed by atoms with Crippen molar-refractivity contribution in [3.05, 3.63) is 65.1 Å². The lowest BCUT2D eigenvalue weighted by molar-refractivity contribution is 0.0695. The van der Waals surface area contributed by atoms with Crippen molar-refractivity contribution >= 4 is 16.9 Å². The van der Waals surface area contributed by atoms with Crippen LogP contribution in [-0.4, -0.2) is 34.3 Å². The fraction of sp³-hybridized carbons (Fsp3) is 0.364. The van der Waals surface area contributed by atoms with Gasteiger partial charge < -0.3 is 14.4 Å². The second-order valence-electron chi connectivity index (χ2n) is 7.22. The second kappa shape index (κ2) is 7.53.